The van der Waals surface area contributed by atoms with E-state index in [2.05, 4.69) is 4.90 Å². The molecule has 0 amide bonds. The number of hydrogen-bond donors (Lipinski definition) is 1. The summed E-state index contributed by atoms with van der Waals surface area (Å²) in [5.74, 6) is -0.152. The lowest BCUT2D eigenvalue weighted by Gasteiger charge is -2.40. The predicted octanol–water partition coefficient (Wildman–Crippen LogP) is 2.10. The van der Waals surface area contributed by atoms with Crippen molar-refractivity contribution < 1.29 is 14.6 Å². The SMILES string of the molecule is COCC(C1CC1)N1CCc2ccccc2C1C(=O)O. The van der Waals surface area contributed by atoms with E-state index in [-0.39, 0.29) is 6.04 Å². The van der Waals surface area contributed by atoms with Gasteiger partial charge in [0.05, 0.1) is 6.61 Å². The van der Waals surface area contributed by atoms with Gasteiger partial charge in [-0.1, -0.05) is 24.3 Å². The molecule has 0 saturated heterocycles. The fourth-order valence-electron chi connectivity index (χ4n) is 3.37. The van der Waals surface area contributed by atoms with Gasteiger partial charge < -0.3 is 9.84 Å². The molecule has 2 unspecified atom stereocenters. The van der Waals surface area contributed by atoms with Crippen LogP contribution in [0, 0.1) is 5.92 Å². The van der Waals surface area contributed by atoms with Crippen LogP contribution in [0.5, 0.6) is 0 Å². The molecule has 1 saturated carbocycles. The van der Waals surface area contributed by atoms with Crippen molar-refractivity contribution in [3.63, 3.8) is 0 Å². The Bertz CT molecular complexity index is 498. The van der Waals surface area contributed by atoms with Crippen LogP contribution in [-0.4, -0.2) is 42.3 Å². The first-order valence-corrected chi connectivity index (χ1v) is 7.27. The lowest BCUT2D eigenvalue weighted by atomic mass is 9.90. The summed E-state index contributed by atoms with van der Waals surface area (Å²) < 4.78 is 5.34. The van der Waals surface area contributed by atoms with Crippen LogP contribution in [0.4, 0.5) is 0 Å². The quantitative estimate of drug-likeness (QED) is 0.894. The number of carboxylic acid groups (broad SMARTS) is 1. The molecule has 3 rings (SSSR count). The zero-order valence-corrected chi connectivity index (χ0v) is 11.8. The van der Waals surface area contributed by atoms with E-state index in [0.29, 0.717) is 12.5 Å². The molecule has 1 aliphatic heterocycles. The number of carboxylic acids is 1. The molecule has 1 N–H and O–H groups in total. The zero-order chi connectivity index (χ0) is 14.1. The Balaban J connectivity index is 1.93. The van der Waals surface area contributed by atoms with Gasteiger partial charge in [0.15, 0.2) is 0 Å². The normalized spacial score (nSPS) is 24.1. The van der Waals surface area contributed by atoms with E-state index in [4.69, 9.17) is 4.74 Å². The Hall–Kier alpha value is -1.39. The summed E-state index contributed by atoms with van der Waals surface area (Å²) in [5, 5.41) is 9.69. The Labute approximate surface area is 119 Å². The second-order valence-corrected chi connectivity index (χ2v) is 5.79. The summed E-state index contributed by atoms with van der Waals surface area (Å²) in [6.07, 6.45) is 3.31. The maximum Gasteiger partial charge on any atom is 0.325 e. The summed E-state index contributed by atoms with van der Waals surface area (Å²) in [6, 6.07) is 7.62. The van der Waals surface area contributed by atoms with Crippen molar-refractivity contribution in [2.45, 2.75) is 31.3 Å². The third-order valence-electron chi connectivity index (χ3n) is 4.48. The van der Waals surface area contributed by atoms with E-state index in [0.717, 1.165) is 18.5 Å². The number of nitrogens with zero attached hydrogens (tertiary/aromatic N) is 1. The van der Waals surface area contributed by atoms with E-state index >= 15 is 0 Å². The maximum atomic E-state index is 11.8. The second kappa shape index (κ2) is 5.54. The van der Waals surface area contributed by atoms with Crippen molar-refractivity contribution in [2.24, 2.45) is 5.92 Å². The van der Waals surface area contributed by atoms with Gasteiger partial charge in [-0.05, 0) is 36.3 Å². The van der Waals surface area contributed by atoms with Crippen LogP contribution in [0.15, 0.2) is 24.3 Å². The number of hydrogen-bond acceptors (Lipinski definition) is 3. The van der Waals surface area contributed by atoms with Gasteiger partial charge in [-0.15, -0.1) is 0 Å². The van der Waals surface area contributed by atoms with Crippen molar-refractivity contribution in [1.82, 2.24) is 4.90 Å². The molecular formula is C16H21NO3. The molecule has 108 valence electrons. The minimum absolute atomic E-state index is 0.231. The predicted molar refractivity (Wildman–Crippen MR) is 75.6 cm³/mol. The summed E-state index contributed by atoms with van der Waals surface area (Å²) in [5.41, 5.74) is 2.12. The van der Waals surface area contributed by atoms with Crippen LogP contribution in [0.1, 0.15) is 30.0 Å². The Morgan fingerprint density at radius 1 is 1.45 bits per heavy atom. The van der Waals surface area contributed by atoms with Crippen LogP contribution >= 0.6 is 0 Å². The zero-order valence-electron chi connectivity index (χ0n) is 11.8. The summed E-state index contributed by atoms with van der Waals surface area (Å²) in [7, 11) is 1.70. The van der Waals surface area contributed by atoms with Gasteiger partial charge >= 0.3 is 5.97 Å². The number of rotatable bonds is 5. The number of benzene rings is 1. The van der Waals surface area contributed by atoms with Gasteiger partial charge in [0.2, 0.25) is 0 Å². The van der Waals surface area contributed by atoms with Gasteiger partial charge in [0, 0.05) is 19.7 Å². The van der Waals surface area contributed by atoms with E-state index in [9.17, 15) is 9.90 Å². The smallest absolute Gasteiger partial charge is 0.325 e. The van der Waals surface area contributed by atoms with E-state index in [1.54, 1.807) is 7.11 Å². The highest BCUT2D eigenvalue weighted by atomic mass is 16.5. The average Bonchev–Trinajstić information content (AvgIpc) is 3.28. The third kappa shape index (κ3) is 2.45. The Morgan fingerprint density at radius 3 is 2.85 bits per heavy atom. The highest BCUT2D eigenvalue weighted by Gasteiger charge is 2.42. The first-order chi connectivity index (χ1) is 9.72. The van der Waals surface area contributed by atoms with Crippen LogP contribution in [-0.2, 0) is 16.0 Å². The van der Waals surface area contributed by atoms with Crippen molar-refractivity contribution in [3.05, 3.63) is 35.4 Å². The maximum absolute atomic E-state index is 11.8. The van der Waals surface area contributed by atoms with Gasteiger partial charge in [-0.3, -0.25) is 9.69 Å². The van der Waals surface area contributed by atoms with E-state index in [1.807, 2.05) is 24.3 Å². The molecular weight excluding hydrogens is 254 g/mol. The van der Waals surface area contributed by atoms with Gasteiger partial charge in [-0.25, -0.2) is 0 Å². The summed E-state index contributed by atoms with van der Waals surface area (Å²) in [6.45, 7) is 1.43. The molecule has 0 spiro atoms. The molecule has 2 atom stereocenters. The van der Waals surface area contributed by atoms with Crippen molar-refractivity contribution in [1.29, 1.82) is 0 Å². The van der Waals surface area contributed by atoms with Crippen LogP contribution < -0.4 is 0 Å². The van der Waals surface area contributed by atoms with Crippen LogP contribution in [0.2, 0.25) is 0 Å². The van der Waals surface area contributed by atoms with E-state index < -0.39 is 12.0 Å². The molecule has 0 aromatic heterocycles. The molecule has 1 aliphatic carbocycles. The molecule has 1 heterocycles. The van der Waals surface area contributed by atoms with Gasteiger partial charge in [-0.2, -0.15) is 0 Å². The Kier molecular flexibility index (Phi) is 3.76. The fourth-order valence-corrected chi connectivity index (χ4v) is 3.37. The monoisotopic (exact) mass is 275 g/mol. The first kappa shape index (κ1) is 13.6. The fraction of sp³-hybridized carbons (Fsp3) is 0.562. The van der Waals surface area contributed by atoms with Crippen molar-refractivity contribution in [2.75, 3.05) is 20.3 Å². The number of aliphatic carboxylic acids is 1. The topological polar surface area (TPSA) is 49.8 Å². The minimum atomic E-state index is -0.751. The second-order valence-electron chi connectivity index (χ2n) is 5.79. The standard InChI is InChI=1S/C16H21NO3/c1-20-10-14(12-6-7-12)17-9-8-11-4-2-3-5-13(11)15(17)16(18)19/h2-5,12,14-15H,6-10H2,1H3,(H,18,19). The van der Waals surface area contributed by atoms with Crippen LogP contribution in [0.25, 0.3) is 0 Å². The van der Waals surface area contributed by atoms with Crippen molar-refractivity contribution in [3.8, 4) is 0 Å². The third-order valence-corrected chi connectivity index (χ3v) is 4.48. The summed E-state index contributed by atoms with van der Waals surface area (Å²) >= 11 is 0. The highest BCUT2D eigenvalue weighted by molar-refractivity contribution is 5.76. The largest absolute Gasteiger partial charge is 0.480 e. The van der Waals surface area contributed by atoms with Gasteiger partial charge in [0.1, 0.15) is 6.04 Å². The molecule has 4 nitrogen and oxygen atoms in total. The van der Waals surface area contributed by atoms with Crippen molar-refractivity contribution >= 4 is 5.97 Å². The molecule has 0 bridgehead atoms. The molecule has 1 aromatic carbocycles. The van der Waals surface area contributed by atoms with E-state index in [1.165, 1.54) is 18.4 Å². The lowest BCUT2D eigenvalue weighted by Crippen LogP contribution is -2.48. The average molecular weight is 275 g/mol. The highest BCUT2D eigenvalue weighted by Crippen LogP contribution is 2.40. The van der Waals surface area contributed by atoms with Crippen LogP contribution in [0.3, 0.4) is 0 Å². The minimum Gasteiger partial charge on any atom is -0.480 e. The molecule has 20 heavy (non-hydrogen) atoms. The van der Waals surface area contributed by atoms with Gasteiger partial charge in [0.25, 0.3) is 0 Å². The molecule has 1 aromatic rings. The molecule has 0 radical (unpaired) electrons. The number of fused-ring (bicyclic) bond motifs is 1. The number of methoxy groups -OCH3 is 1. The first-order valence-electron chi connectivity index (χ1n) is 7.27. The summed E-state index contributed by atoms with van der Waals surface area (Å²) in [4.78, 5) is 13.9. The number of ether oxygens (including phenoxy) is 1. The molecule has 1 fully saturated rings. The molecule has 4 heteroatoms. The Morgan fingerprint density at radius 2 is 2.20 bits per heavy atom. The number of carbonyl (C=O) groups is 1. The lowest BCUT2D eigenvalue weighted by molar-refractivity contribution is -0.146. The molecule has 2 aliphatic rings.